The first-order chi connectivity index (χ1) is 9.88. The summed E-state index contributed by atoms with van der Waals surface area (Å²) in [4.78, 5) is 2.39. The smallest absolute Gasteiger partial charge is 0.105 e. The summed E-state index contributed by atoms with van der Waals surface area (Å²) in [7, 11) is 4.06. The SMILES string of the molecule is Cc1ccc(Nc2ccc(C(N)=S)c(Cl)c2)cc1N(C)C. The molecule has 0 atom stereocenters. The molecule has 3 nitrogen and oxygen atoms in total. The summed E-state index contributed by atoms with van der Waals surface area (Å²) in [6.07, 6.45) is 0. The lowest BCUT2D eigenvalue weighted by Crippen LogP contribution is -2.11. The number of halogens is 1. The molecule has 0 bridgehead atoms. The number of aryl methyl sites for hydroxylation is 1. The van der Waals surface area contributed by atoms with Crippen LogP contribution in [-0.4, -0.2) is 19.1 Å². The molecule has 0 unspecified atom stereocenters. The highest BCUT2D eigenvalue weighted by molar-refractivity contribution is 7.80. The van der Waals surface area contributed by atoms with Crippen molar-refractivity contribution in [3.8, 4) is 0 Å². The fourth-order valence-corrected chi connectivity index (χ4v) is 2.64. The molecule has 0 spiro atoms. The van der Waals surface area contributed by atoms with E-state index in [1.165, 1.54) is 11.3 Å². The zero-order valence-electron chi connectivity index (χ0n) is 12.3. The lowest BCUT2D eigenvalue weighted by Gasteiger charge is -2.17. The van der Waals surface area contributed by atoms with Crippen molar-refractivity contribution in [2.45, 2.75) is 6.92 Å². The van der Waals surface area contributed by atoms with E-state index in [-0.39, 0.29) is 0 Å². The first-order valence-electron chi connectivity index (χ1n) is 6.53. The number of hydrogen-bond acceptors (Lipinski definition) is 3. The van der Waals surface area contributed by atoms with Gasteiger partial charge in [0.05, 0.1) is 5.02 Å². The topological polar surface area (TPSA) is 41.3 Å². The van der Waals surface area contributed by atoms with Crippen molar-refractivity contribution in [2.24, 2.45) is 5.73 Å². The Morgan fingerprint density at radius 3 is 2.33 bits per heavy atom. The number of nitrogens with one attached hydrogen (secondary N) is 1. The quantitative estimate of drug-likeness (QED) is 0.833. The lowest BCUT2D eigenvalue weighted by atomic mass is 10.1. The lowest BCUT2D eigenvalue weighted by molar-refractivity contribution is 1.11. The predicted molar refractivity (Wildman–Crippen MR) is 96.1 cm³/mol. The minimum Gasteiger partial charge on any atom is -0.389 e. The van der Waals surface area contributed by atoms with E-state index < -0.39 is 0 Å². The van der Waals surface area contributed by atoms with E-state index in [2.05, 4.69) is 29.3 Å². The Hall–Kier alpha value is -1.78. The van der Waals surface area contributed by atoms with Crippen molar-refractivity contribution in [1.82, 2.24) is 0 Å². The van der Waals surface area contributed by atoms with Gasteiger partial charge in [0, 0.05) is 36.7 Å². The minimum atomic E-state index is 0.303. The van der Waals surface area contributed by atoms with Gasteiger partial charge in [-0.1, -0.05) is 29.9 Å². The van der Waals surface area contributed by atoms with Crippen LogP contribution >= 0.6 is 23.8 Å². The van der Waals surface area contributed by atoms with Crippen LogP contribution in [0.2, 0.25) is 5.02 Å². The second-order valence-electron chi connectivity index (χ2n) is 5.08. The summed E-state index contributed by atoms with van der Waals surface area (Å²) in [5.74, 6) is 0. The van der Waals surface area contributed by atoms with Gasteiger partial charge in [-0.25, -0.2) is 0 Å². The van der Waals surface area contributed by atoms with Gasteiger partial charge >= 0.3 is 0 Å². The molecular weight excluding hydrogens is 302 g/mol. The standard InChI is InChI=1S/C16H18ClN3S/c1-10-4-5-12(9-15(10)20(2)3)19-11-6-7-13(16(18)21)14(17)8-11/h4-9,19H,1-3H3,(H2,18,21). The highest BCUT2D eigenvalue weighted by Crippen LogP contribution is 2.27. The Kier molecular flexibility index (Phi) is 4.70. The molecule has 0 aromatic heterocycles. The number of thiocarbonyl (C=S) groups is 1. The first-order valence-corrected chi connectivity index (χ1v) is 7.31. The summed E-state index contributed by atoms with van der Waals surface area (Å²) >= 11 is 11.1. The molecular formula is C16H18ClN3S. The molecule has 0 radical (unpaired) electrons. The maximum Gasteiger partial charge on any atom is 0.105 e. The van der Waals surface area contributed by atoms with Crippen molar-refractivity contribution >= 4 is 45.9 Å². The number of nitrogens with zero attached hydrogens (tertiary/aromatic N) is 1. The minimum absolute atomic E-state index is 0.303. The van der Waals surface area contributed by atoms with Crippen LogP contribution in [-0.2, 0) is 0 Å². The van der Waals surface area contributed by atoms with Crippen LogP contribution in [0.25, 0.3) is 0 Å². The molecule has 0 aliphatic rings. The molecule has 110 valence electrons. The fourth-order valence-electron chi connectivity index (χ4n) is 2.13. The third kappa shape index (κ3) is 3.65. The van der Waals surface area contributed by atoms with Crippen molar-refractivity contribution < 1.29 is 0 Å². The molecule has 0 aliphatic carbocycles. The number of anilines is 3. The van der Waals surface area contributed by atoms with Gasteiger partial charge in [-0.05, 0) is 42.8 Å². The van der Waals surface area contributed by atoms with Crippen LogP contribution in [0.4, 0.5) is 17.1 Å². The fraction of sp³-hybridized carbons (Fsp3) is 0.188. The van der Waals surface area contributed by atoms with Crippen LogP contribution in [0, 0.1) is 6.92 Å². The Labute approximate surface area is 135 Å². The van der Waals surface area contributed by atoms with E-state index in [1.54, 1.807) is 0 Å². The summed E-state index contributed by atoms with van der Waals surface area (Å²) in [5, 5.41) is 3.89. The van der Waals surface area contributed by atoms with E-state index in [9.17, 15) is 0 Å². The normalized spacial score (nSPS) is 10.3. The predicted octanol–water partition coefficient (Wildman–Crippen LogP) is 4.09. The average molecular weight is 320 g/mol. The van der Waals surface area contributed by atoms with Crippen LogP contribution in [0.3, 0.4) is 0 Å². The van der Waals surface area contributed by atoms with Gasteiger partial charge in [0.2, 0.25) is 0 Å². The summed E-state index contributed by atoms with van der Waals surface area (Å²) in [6.45, 7) is 2.09. The third-order valence-corrected chi connectivity index (χ3v) is 3.75. The Bertz CT molecular complexity index is 683. The summed E-state index contributed by atoms with van der Waals surface area (Å²) in [5.41, 5.74) is 10.6. The number of benzene rings is 2. The van der Waals surface area contributed by atoms with Crippen LogP contribution in [0.5, 0.6) is 0 Å². The Morgan fingerprint density at radius 2 is 1.76 bits per heavy atom. The van der Waals surface area contributed by atoms with E-state index >= 15 is 0 Å². The first kappa shape index (κ1) is 15.6. The maximum absolute atomic E-state index is 6.18. The van der Waals surface area contributed by atoms with Crippen molar-refractivity contribution in [3.05, 3.63) is 52.5 Å². The monoisotopic (exact) mass is 319 g/mol. The highest BCUT2D eigenvalue weighted by Gasteiger charge is 2.06. The van der Waals surface area contributed by atoms with E-state index in [0.717, 1.165) is 11.4 Å². The number of nitrogens with two attached hydrogens (primary N) is 1. The largest absolute Gasteiger partial charge is 0.389 e. The van der Waals surface area contributed by atoms with Gasteiger partial charge in [-0.3, -0.25) is 0 Å². The van der Waals surface area contributed by atoms with E-state index in [4.69, 9.17) is 29.6 Å². The number of rotatable bonds is 4. The molecule has 2 rings (SSSR count). The van der Waals surface area contributed by atoms with E-state index in [0.29, 0.717) is 15.6 Å². The second-order valence-corrected chi connectivity index (χ2v) is 5.93. The number of hydrogen-bond donors (Lipinski definition) is 2. The molecule has 0 saturated carbocycles. The van der Waals surface area contributed by atoms with Crippen LogP contribution in [0.15, 0.2) is 36.4 Å². The van der Waals surface area contributed by atoms with E-state index in [1.807, 2.05) is 38.4 Å². The second kappa shape index (κ2) is 6.33. The zero-order valence-corrected chi connectivity index (χ0v) is 13.8. The van der Waals surface area contributed by atoms with Crippen molar-refractivity contribution in [2.75, 3.05) is 24.3 Å². The molecule has 21 heavy (non-hydrogen) atoms. The van der Waals surface area contributed by atoms with Crippen molar-refractivity contribution in [3.63, 3.8) is 0 Å². The third-order valence-electron chi connectivity index (χ3n) is 3.21. The van der Waals surface area contributed by atoms with Gasteiger partial charge in [0.15, 0.2) is 0 Å². The van der Waals surface area contributed by atoms with Gasteiger partial charge in [-0.2, -0.15) is 0 Å². The van der Waals surface area contributed by atoms with Gasteiger partial charge in [-0.15, -0.1) is 0 Å². The Morgan fingerprint density at radius 1 is 1.14 bits per heavy atom. The zero-order chi connectivity index (χ0) is 15.6. The maximum atomic E-state index is 6.18. The average Bonchev–Trinajstić information content (AvgIpc) is 2.40. The van der Waals surface area contributed by atoms with Gasteiger partial charge < -0.3 is 16.0 Å². The van der Waals surface area contributed by atoms with Gasteiger partial charge in [0.1, 0.15) is 4.99 Å². The van der Waals surface area contributed by atoms with Crippen LogP contribution < -0.4 is 16.0 Å². The van der Waals surface area contributed by atoms with Crippen molar-refractivity contribution in [1.29, 1.82) is 0 Å². The highest BCUT2D eigenvalue weighted by atomic mass is 35.5. The Balaban J connectivity index is 2.28. The molecule has 0 aliphatic heterocycles. The van der Waals surface area contributed by atoms with Crippen LogP contribution in [0.1, 0.15) is 11.1 Å². The molecule has 2 aromatic rings. The molecule has 2 aromatic carbocycles. The molecule has 0 fully saturated rings. The summed E-state index contributed by atoms with van der Waals surface area (Å²) < 4.78 is 0. The molecule has 0 heterocycles. The summed E-state index contributed by atoms with van der Waals surface area (Å²) in [6, 6.07) is 11.8. The van der Waals surface area contributed by atoms with Gasteiger partial charge in [0.25, 0.3) is 0 Å². The molecule has 3 N–H and O–H groups in total. The molecule has 0 amide bonds. The molecule has 0 saturated heterocycles. The molecule has 5 heteroatoms.